The molecule has 0 spiro atoms. The van der Waals surface area contributed by atoms with Crippen molar-refractivity contribution in [2.45, 2.75) is 11.4 Å². The van der Waals surface area contributed by atoms with Crippen LogP contribution in [0.1, 0.15) is 23.0 Å². The summed E-state index contributed by atoms with van der Waals surface area (Å²) in [5, 5.41) is 0. The first-order valence-electron chi connectivity index (χ1n) is 11.3. The fourth-order valence-corrected chi connectivity index (χ4v) is 3.75. The van der Waals surface area contributed by atoms with Gasteiger partial charge in [0.05, 0.1) is 11.1 Å². The van der Waals surface area contributed by atoms with Crippen molar-refractivity contribution >= 4 is 10.1 Å². The van der Waals surface area contributed by atoms with Gasteiger partial charge in [-0.25, -0.2) is 8.42 Å². The molecule has 0 fully saturated rings. The van der Waals surface area contributed by atoms with Gasteiger partial charge in [-0.15, -0.1) is 0 Å². The van der Waals surface area contributed by atoms with E-state index in [-0.39, 0.29) is 5.92 Å². The molecule has 1 aromatic heterocycles. The first kappa shape index (κ1) is 26.8. The van der Waals surface area contributed by atoms with Crippen LogP contribution in [-0.2, 0) is 10.1 Å². The van der Waals surface area contributed by atoms with E-state index >= 15 is 0 Å². The Morgan fingerprint density at radius 2 is 1.03 bits per heavy atom. The third kappa shape index (κ3) is 6.37. The van der Waals surface area contributed by atoms with Gasteiger partial charge in [0, 0.05) is 0 Å². The Labute approximate surface area is 217 Å². The van der Waals surface area contributed by atoms with Crippen LogP contribution in [0.25, 0.3) is 22.6 Å². The number of halogens is 3. The van der Waals surface area contributed by atoms with Gasteiger partial charge in [-0.3, -0.25) is 8.83 Å². The van der Waals surface area contributed by atoms with E-state index in [2.05, 4.69) is 24.3 Å². The molecule has 0 saturated heterocycles. The van der Waals surface area contributed by atoms with E-state index in [1.807, 2.05) is 97.1 Å². The summed E-state index contributed by atoms with van der Waals surface area (Å²) < 4.78 is 71.8. The Kier molecular flexibility index (Phi) is 8.09. The molecule has 0 unspecified atom stereocenters. The molecular formula is C29H21F3O5S. The van der Waals surface area contributed by atoms with E-state index < -0.39 is 15.6 Å². The summed E-state index contributed by atoms with van der Waals surface area (Å²) in [5.41, 5.74) is -1.41. The lowest BCUT2D eigenvalue weighted by molar-refractivity contribution is -0.0517. The quantitative estimate of drug-likeness (QED) is 0.130. The zero-order valence-electron chi connectivity index (χ0n) is 19.7. The maximum absolute atomic E-state index is 10.7. The largest absolute Gasteiger partial charge is 0.741 e. The molecule has 0 N–H and O–H groups in total. The minimum absolute atomic E-state index is 0.132. The Bertz CT molecular complexity index is 1460. The van der Waals surface area contributed by atoms with Crippen LogP contribution >= 0.6 is 0 Å². The van der Waals surface area contributed by atoms with Crippen LogP contribution in [0, 0.1) is 0 Å². The maximum atomic E-state index is 10.7. The fraction of sp³-hybridized carbons (Fsp3) is 0.0690. The molecule has 5 rings (SSSR count). The summed E-state index contributed by atoms with van der Waals surface area (Å²) in [7, 11) is -6.09. The van der Waals surface area contributed by atoms with Gasteiger partial charge < -0.3 is 4.55 Å². The summed E-state index contributed by atoms with van der Waals surface area (Å²) in [6.07, 6.45) is 0. The molecule has 194 valence electrons. The minimum atomic E-state index is -6.09. The van der Waals surface area contributed by atoms with E-state index in [9.17, 15) is 13.2 Å². The SMILES string of the molecule is O=S(=O)([O-])C(F)(F)F.c1ccc(-c2oc(C(c3ccccc3)c3ccccc3)[o+]c2-c2ccccc2)cc1. The van der Waals surface area contributed by atoms with Crippen LogP contribution in [0.2, 0.25) is 0 Å². The van der Waals surface area contributed by atoms with Gasteiger partial charge in [0.25, 0.3) is 0 Å². The first-order valence-corrected chi connectivity index (χ1v) is 12.8. The van der Waals surface area contributed by atoms with Crippen molar-refractivity contribution < 1.29 is 35.0 Å². The second kappa shape index (κ2) is 11.5. The molecule has 0 radical (unpaired) electrons. The molecule has 0 saturated carbocycles. The Morgan fingerprint density at radius 1 is 0.658 bits per heavy atom. The lowest BCUT2D eigenvalue weighted by atomic mass is 9.92. The Morgan fingerprint density at radius 3 is 1.42 bits per heavy atom. The average molecular weight is 539 g/mol. The fourth-order valence-electron chi connectivity index (χ4n) is 3.75. The zero-order chi connectivity index (χ0) is 27.2. The molecule has 0 aliphatic heterocycles. The normalized spacial score (nSPS) is 11.6. The highest BCUT2D eigenvalue weighted by Gasteiger charge is 2.38. The van der Waals surface area contributed by atoms with Gasteiger partial charge in [0.2, 0.25) is 0 Å². The molecule has 0 aliphatic rings. The lowest BCUT2D eigenvalue weighted by Gasteiger charge is -2.08. The highest BCUT2D eigenvalue weighted by molar-refractivity contribution is 7.86. The van der Waals surface area contributed by atoms with Crippen LogP contribution in [0.4, 0.5) is 13.2 Å². The molecule has 0 atom stereocenters. The summed E-state index contributed by atoms with van der Waals surface area (Å²) >= 11 is 0. The lowest BCUT2D eigenvalue weighted by Crippen LogP contribution is -2.21. The van der Waals surface area contributed by atoms with Crippen molar-refractivity contribution in [1.82, 2.24) is 0 Å². The van der Waals surface area contributed by atoms with Crippen molar-refractivity contribution in [3.05, 3.63) is 138 Å². The van der Waals surface area contributed by atoms with E-state index in [1.54, 1.807) is 0 Å². The van der Waals surface area contributed by atoms with Gasteiger partial charge >= 0.3 is 23.0 Å². The van der Waals surface area contributed by atoms with Crippen molar-refractivity contribution in [1.29, 1.82) is 0 Å². The summed E-state index contributed by atoms with van der Waals surface area (Å²) in [5.74, 6) is 1.93. The standard InChI is InChI=1S/C28H21O2.CHF3O3S/c1-5-13-21(14-6-1)25(22-15-7-2-8-16-22)28-29-26(23-17-9-3-10-18-23)27(30-28)24-19-11-4-12-20-24;2-1(3,4)8(5,6)7/h1-20,25H;(H,5,6,7)/q+1;/p-1. The summed E-state index contributed by atoms with van der Waals surface area (Å²) in [4.78, 5) is 0. The topological polar surface area (TPSA) is 81.6 Å². The number of hydrogen-bond donors (Lipinski definition) is 0. The molecule has 38 heavy (non-hydrogen) atoms. The van der Waals surface area contributed by atoms with Crippen molar-refractivity contribution in [2.75, 3.05) is 0 Å². The van der Waals surface area contributed by atoms with Crippen LogP contribution < -0.4 is 0 Å². The molecule has 0 aliphatic carbocycles. The van der Waals surface area contributed by atoms with E-state index in [0.717, 1.165) is 33.8 Å². The average Bonchev–Trinajstić information content (AvgIpc) is 3.35. The molecule has 0 bridgehead atoms. The third-order valence-corrected chi connectivity index (χ3v) is 6.04. The van der Waals surface area contributed by atoms with Gasteiger partial charge in [-0.2, -0.15) is 13.2 Å². The highest BCUT2D eigenvalue weighted by Crippen LogP contribution is 2.41. The number of alkyl halides is 3. The molecular weight excluding hydrogens is 517 g/mol. The summed E-state index contributed by atoms with van der Waals surface area (Å²) in [6, 6.07) is 40.9. The predicted octanol–water partition coefficient (Wildman–Crippen LogP) is 7.72. The molecule has 9 heteroatoms. The van der Waals surface area contributed by atoms with Crippen molar-refractivity contribution in [3.8, 4) is 22.6 Å². The smallest absolute Gasteiger partial charge is 0.510 e. The number of rotatable bonds is 5. The maximum Gasteiger partial charge on any atom is 0.510 e. The predicted molar refractivity (Wildman–Crippen MR) is 136 cm³/mol. The number of hydrogen-bond acceptors (Lipinski definition) is 4. The van der Waals surface area contributed by atoms with Crippen molar-refractivity contribution in [2.24, 2.45) is 0 Å². The molecule has 5 nitrogen and oxygen atoms in total. The van der Waals surface area contributed by atoms with Crippen LogP contribution in [0.5, 0.6) is 0 Å². The minimum Gasteiger partial charge on any atom is -0.741 e. The molecule has 5 aromatic rings. The molecule has 1 heterocycles. The highest BCUT2D eigenvalue weighted by atomic mass is 32.2. The zero-order valence-corrected chi connectivity index (χ0v) is 20.5. The first-order chi connectivity index (χ1) is 18.1. The third-order valence-electron chi connectivity index (χ3n) is 5.47. The van der Waals surface area contributed by atoms with Crippen LogP contribution in [0.3, 0.4) is 0 Å². The number of benzene rings is 4. The van der Waals surface area contributed by atoms with Gasteiger partial charge in [0.1, 0.15) is 0 Å². The second-order valence-corrected chi connectivity index (χ2v) is 9.44. The monoisotopic (exact) mass is 538 g/mol. The summed E-state index contributed by atoms with van der Waals surface area (Å²) in [6.45, 7) is 0. The van der Waals surface area contributed by atoms with E-state index in [0.29, 0.717) is 5.96 Å². The van der Waals surface area contributed by atoms with Crippen LogP contribution in [-0.4, -0.2) is 18.5 Å². The van der Waals surface area contributed by atoms with E-state index in [4.69, 9.17) is 21.8 Å². The van der Waals surface area contributed by atoms with E-state index in [1.165, 1.54) is 0 Å². The van der Waals surface area contributed by atoms with Crippen molar-refractivity contribution in [3.63, 3.8) is 0 Å². The van der Waals surface area contributed by atoms with Crippen LogP contribution in [0.15, 0.2) is 130 Å². The molecule has 0 amide bonds. The van der Waals surface area contributed by atoms with Gasteiger partial charge in [-0.1, -0.05) is 97.1 Å². The van der Waals surface area contributed by atoms with Gasteiger partial charge in [-0.05, 0) is 35.4 Å². The Hall–Kier alpha value is -4.21. The molecule has 4 aromatic carbocycles. The second-order valence-electron chi connectivity index (χ2n) is 8.07. The Balaban J connectivity index is 0.000000368. The van der Waals surface area contributed by atoms with Gasteiger partial charge in [0.15, 0.2) is 16.0 Å².